The molecule has 0 aliphatic heterocycles. The number of rotatable bonds is 3. The van der Waals surface area contributed by atoms with Crippen LogP contribution in [0.2, 0.25) is 0 Å². The van der Waals surface area contributed by atoms with E-state index in [1.54, 1.807) is 0 Å². The number of nitrogens with zero attached hydrogens (tertiary/aromatic N) is 1. The standard InChI is InChI=1S/C11H18N2O2/c1-8(2)7-15-11(14)13-10-5-3-4-9(10)6-12/h8-10H,3-5,7H2,1-2H3,(H,13,14). The van der Waals surface area contributed by atoms with Crippen LogP contribution < -0.4 is 5.32 Å². The Balaban J connectivity index is 2.28. The summed E-state index contributed by atoms with van der Waals surface area (Å²) in [6, 6.07) is 2.20. The van der Waals surface area contributed by atoms with E-state index in [1.807, 2.05) is 13.8 Å². The Labute approximate surface area is 90.6 Å². The van der Waals surface area contributed by atoms with Crippen LogP contribution in [0.5, 0.6) is 0 Å². The molecule has 1 N–H and O–H groups in total. The fourth-order valence-electron chi connectivity index (χ4n) is 1.72. The van der Waals surface area contributed by atoms with Gasteiger partial charge in [0.2, 0.25) is 0 Å². The van der Waals surface area contributed by atoms with Crippen LogP contribution in [-0.4, -0.2) is 18.7 Å². The fraction of sp³-hybridized carbons (Fsp3) is 0.818. The highest BCUT2D eigenvalue weighted by atomic mass is 16.5. The van der Waals surface area contributed by atoms with Crippen LogP contribution in [0.1, 0.15) is 33.1 Å². The number of nitrogens with one attached hydrogen (secondary N) is 1. The minimum Gasteiger partial charge on any atom is -0.449 e. The molecule has 0 heterocycles. The SMILES string of the molecule is CC(C)COC(=O)NC1CCCC1C#N. The van der Waals surface area contributed by atoms with Crippen molar-refractivity contribution in [1.82, 2.24) is 5.32 Å². The van der Waals surface area contributed by atoms with Crippen LogP contribution in [0.3, 0.4) is 0 Å². The predicted molar refractivity (Wildman–Crippen MR) is 56.1 cm³/mol. The van der Waals surface area contributed by atoms with E-state index < -0.39 is 6.09 Å². The van der Waals surface area contributed by atoms with Crippen LogP contribution in [0.15, 0.2) is 0 Å². The van der Waals surface area contributed by atoms with Crippen molar-refractivity contribution >= 4 is 6.09 Å². The van der Waals surface area contributed by atoms with E-state index in [9.17, 15) is 4.79 Å². The zero-order valence-corrected chi connectivity index (χ0v) is 9.32. The first-order chi connectivity index (χ1) is 7.13. The molecule has 0 bridgehead atoms. The lowest BCUT2D eigenvalue weighted by molar-refractivity contribution is 0.128. The largest absolute Gasteiger partial charge is 0.449 e. The lowest BCUT2D eigenvalue weighted by Crippen LogP contribution is -2.37. The van der Waals surface area contributed by atoms with Gasteiger partial charge < -0.3 is 10.1 Å². The molecule has 1 aliphatic rings. The Hall–Kier alpha value is -1.24. The second-order valence-electron chi connectivity index (χ2n) is 4.41. The number of carbonyl (C=O) groups is 1. The summed E-state index contributed by atoms with van der Waals surface area (Å²) in [5.41, 5.74) is 0. The van der Waals surface area contributed by atoms with Crippen molar-refractivity contribution in [3.8, 4) is 6.07 Å². The molecule has 84 valence electrons. The van der Waals surface area contributed by atoms with Gasteiger partial charge >= 0.3 is 6.09 Å². The van der Waals surface area contributed by atoms with Gasteiger partial charge in [0, 0.05) is 6.04 Å². The normalized spacial score (nSPS) is 24.9. The first-order valence-electron chi connectivity index (χ1n) is 5.46. The summed E-state index contributed by atoms with van der Waals surface area (Å²) in [6.07, 6.45) is 2.38. The quantitative estimate of drug-likeness (QED) is 0.775. The molecule has 1 fully saturated rings. The van der Waals surface area contributed by atoms with Gasteiger partial charge in [-0.25, -0.2) is 4.79 Å². The molecule has 0 aromatic rings. The van der Waals surface area contributed by atoms with Gasteiger partial charge in [0.25, 0.3) is 0 Å². The number of nitriles is 1. The Kier molecular flexibility index (Phi) is 4.41. The molecule has 1 saturated carbocycles. The molecule has 0 spiro atoms. The number of hydrogen-bond acceptors (Lipinski definition) is 3. The van der Waals surface area contributed by atoms with Gasteiger partial charge in [0.15, 0.2) is 0 Å². The maximum atomic E-state index is 11.3. The second-order valence-corrected chi connectivity index (χ2v) is 4.41. The van der Waals surface area contributed by atoms with Crippen molar-refractivity contribution in [3.05, 3.63) is 0 Å². The smallest absolute Gasteiger partial charge is 0.407 e. The molecule has 0 aromatic heterocycles. The van der Waals surface area contributed by atoms with Crippen molar-refractivity contribution in [2.75, 3.05) is 6.61 Å². The van der Waals surface area contributed by atoms with E-state index in [1.165, 1.54) is 0 Å². The van der Waals surface area contributed by atoms with E-state index in [-0.39, 0.29) is 12.0 Å². The molecular weight excluding hydrogens is 192 g/mol. The van der Waals surface area contributed by atoms with Crippen molar-refractivity contribution in [2.24, 2.45) is 11.8 Å². The number of carbonyl (C=O) groups excluding carboxylic acids is 1. The van der Waals surface area contributed by atoms with Crippen molar-refractivity contribution in [2.45, 2.75) is 39.2 Å². The van der Waals surface area contributed by atoms with Gasteiger partial charge in [-0.1, -0.05) is 13.8 Å². The molecule has 0 radical (unpaired) electrons. The highest BCUT2D eigenvalue weighted by molar-refractivity contribution is 5.67. The lowest BCUT2D eigenvalue weighted by atomic mass is 10.1. The van der Waals surface area contributed by atoms with Gasteiger partial charge in [-0.05, 0) is 25.2 Å². The van der Waals surface area contributed by atoms with Crippen LogP contribution in [0, 0.1) is 23.2 Å². The summed E-state index contributed by atoms with van der Waals surface area (Å²) >= 11 is 0. The molecule has 0 aromatic carbocycles. The van der Waals surface area contributed by atoms with Crippen LogP contribution in [-0.2, 0) is 4.74 Å². The topological polar surface area (TPSA) is 62.1 Å². The molecule has 0 saturated heterocycles. The summed E-state index contributed by atoms with van der Waals surface area (Å²) in [4.78, 5) is 11.3. The third-order valence-corrected chi connectivity index (χ3v) is 2.53. The number of alkyl carbamates (subject to hydrolysis) is 1. The zero-order valence-electron chi connectivity index (χ0n) is 9.32. The molecule has 1 aliphatic carbocycles. The highest BCUT2D eigenvalue weighted by Gasteiger charge is 2.28. The van der Waals surface area contributed by atoms with Crippen molar-refractivity contribution in [3.63, 3.8) is 0 Å². The summed E-state index contributed by atoms with van der Waals surface area (Å²) in [5.74, 6) is 0.294. The van der Waals surface area contributed by atoms with Crippen molar-refractivity contribution in [1.29, 1.82) is 5.26 Å². The van der Waals surface area contributed by atoms with Crippen LogP contribution in [0.25, 0.3) is 0 Å². The third-order valence-electron chi connectivity index (χ3n) is 2.53. The van der Waals surface area contributed by atoms with E-state index in [0.29, 0.717) is 12.5 Å². The summed E-state index contributed by atoms with van der Waals surface area (Å²) in [6.45, 7) is 4.40. The highest BCUT2D eigenvalue weighted by Crippen LogP contribution is 2.24. The molecule has 2 atom stereocenters. The number of amides is 1. The monoisotopic (exact) mass is 210 g/mol. The van der Waals surface area contributed by atoms with E-state index in [0.717, 1.165) is 19.3 Å². The molecule has 1 rings (SSSR count). The van der Waals surface area contributed by atoms with E-state index >= 15 is 0 Å². The zero-order chi connectivity index (χ0) is 11.3. The molecule has 4 nitrogen and oxygen atoms in total. The Morgan fingerprint density at radius 3 is 2.93 bits per heavy atom. The minimum absolute atomic E-state index is 0.0188. The average molecular weight is 210 g/mol. The molecule has 1 amide bonds. The number of hydrogen-bond donors (Lipinski definition) is 1. The van der Waals surface area contributed by atoms with E-state index in [2.05, 4.69) is 11.4 Å². The van der Waals surface area contributed by atoms with Crippen LogP contribution >= 0.6 is 0 Å². The predicted octanol–water partition coefficient (Wildman–Crippen LogP) is 2.06. The van der Waals surface area contributed by atoms with Crippen molar-refractivity contribution < 1.29 is 9.53 Å². The second kappa shape index (κ2) is 5.59. The van der Waals surface area contributed by atoms with Crippen LogP contribution in [0.4, 0.5) is 4.79 Å². The van der Waals surface area contributed by atoms with Gasteiger partial charge in [-0.3, -0.25) is 0 Å². The lowest BCUT2D eigenvalue weighted by Gasteiger charge is -2.16. The first kappa shape index (κ1) is 11.8. The maximum Gasteiger partial charge on any atom is 0.407 e. The van der Waals surface area contributed by atoms with E-state index in [4.69, 9.17) is 10.00 Å². The first-order valence-corrected chi connectivity index (χ1v) is 5.46. The Bertz CT molecular complexity index is 258. The molecular formula is C11H18N2O2. The molecule has 4 heteroatoms. The third kappa shape index (κ3) is 3.78. The molecule has 15 heavy (non-hydrogen) atoms. The summed E-state index contributed by atoms with van der Waals surface area (Å²) in [5, 5.41) is 11.6. The van der Waals surface area contributed by atoms with Gasteiger partial charge in [-0.15, -0.1) is 0 Å². The van der Waals surface area contributed by atoms with Gasteiger partial charge in [0.05, 0.1) is 18.6 Å². The fourth-order valence-corrected chi connectivity index (χ4v) is 1.72. The summed E-state index contributed by atoms with van der Waals surface area (Å²) in [7, 11) is 0. The van der Waals surface area contributed by atoms with Gasteiger partial charge in [-0.2, -0.15) is 5.26 Å². The maximum absolute atomic E-state index is 11.3. The Morgan fingerprint density at radius 2 is 2.33 bits per heavy atom. The molecule has 2 unspecified atom stereocenters. The number of ether oxygens (including phenoxy) is 1. The summed E-state index contributed by atoms with van der Waals surface area (Å²) < 4.78 is 5.00. The average Bonchev–Trinajstić information content (AvgIpc) is 2.62. The minimum atomic E-state index is -0.393. The van der Waals surface area contributed by atoms with Gasteiger partial charge in [0.1, 0.15) is 0 Å². The Morgan fingerprint density at radius 1 is 1.60 bits per heavy atom.